The Morgan fingerprint density at radius 2 is 1.88 bits per heavy atom. The first-order chi connectivity index (χ1) is 16.2. The molecule has 0 radical (unpaired) electrons. The summed E-state index contributed by atoms with van der Waals surface area (Å²) in [5.41, 5.74) is 2.15. The number of benzene rings is 1. The Morgan fingerprint density at radius 1 is 1.18 bits per heavy atom. The summed E-state index contributed by atoms with van der Waals surface area (Å²) in [7, 11) is 1.33. The topological polar surface area (TPSA) is 95.3 Å². The molecule has 0 aliphatic carbocycles. The lowest BCUT2D eigenvalue weighted by atomic mass is 10.1. The summed E-state index contributed by atoms with van der Waals surface area (Å²) in [4.78, 5) is 25.7. The van der Waals surface area contributed by atoms with Crippen LogP contribution in [0.25, 0.3) is 11.4 Å². The number of aromatic nitrogens is 3. The zero-order chi connectivity index (χ0) is 24.8. The first-order valence-electron chi connectivity index (χ1n) is 11.0. The molecule has 0 fully saturated rings. The summed E-state index contributed by atoms with van der Waals surface area (Å²) in [6, 6.07) is 7.78. The van der Waals surface area contributed by atoms with Crippen molar-refractivity contribution in [1.29, 1.82) is 0 Å². The van der Waals surface area contributed by atoms with Gasteiger partial charge in [0.25, 0.3) is 0 Å². The number of ether oxygens (including phenoxy) is 2. The third-order valence-corrected chi connectivity index (χ3v) is 7.18. The van der Waals surface area contributed by atoms with Crippen molar-refractivity contribution in [2.45, 2.75) is 46.3 Å². The van der Waals surface area contributed by atoms with Gasteiger partial charge in [-0.25, -0.2) is 4.79 Å². The van der Waals surface area contributed by atoms with Crippen LogP contribution in [0.4, 0.5) is 5.00 Å². The molecular weight excluding hydrogens is 472 g/mol. The quantitative estimate of drug-likeness (QED) is 0.301. The van der Waals surface area contributed by atoms with Gasteiger partial charge in [-0.15, -0.1) is 21.5 Å². The fourth-order valence-corrected chi connectivity index (χ4v) is 5.08. The summed E-state index contributed by atoms with van der Waals surface area (Å²) in [5, 5.41) is 12.6. The molecule has 0 unspecified atom stereocenters. The number of thiophene rings is 1. The molecule has 182 valence electrons. The van der Waals surface area contributed by atoms with Crippen molar-refractivity contribution in [2.75, 3.05) is 24.8 Å². The van der Waals surface area contributed by atoms with E-state index in [1.807, 2.05) is 49.6 Å². The highest BCUT2D eigenvalue weighted by Gasteiger charge is 2.22. The second-order valence-electron chi connectivity index (χ2n) is 8.10. The summed E-state index contributed by atoms with van der Waals surface area (Å²) in [5.74, 6) is 1.46. The van der Waals surface area contributed by atoms with Crippen LogP contribution in [-0.2, 0) is 16.1 Å². The fraction of sp³-hybridized carbons (Fsp3) is 0.417. The second kappa shape index (κ2) is 11.5. The maximum absolute atomic E-state index is 12.6. The number of amides is 1. The first kappa shape index (κ1) is 25.8. The average molecular weight is 503 g/mol. The molecule has 10 heteroatoms. The van der Waals surface area contributed by atoms with Crippen molar-refractivity contribution in [3.63, 3.8) is 0 Å². The van der Waals surface area contributed by atoms with Gasteiger partial charge in [0.15, 0.2) is 11.0 Å². The van der Waals surface area contributed by atoms with Crippen LogP contribution in [0.3, 0.4) is 0 Å². The summed E-state index contributed by atoms with van der Waals surface area (Å²) in [6.07, 6.45) is 0. The Morgan fingerprint density at radius 3 is 2.50 bits per heavy atom. The molecule has 3 rings (SSSR count). The Hall–Kier alpha value is -2.85. The number of thioether (sulfide) groups is 1. The van der Waals surface area contributed by atoms with E-state index >= 15 is 0 Å². The van der Waals surface area contributed by atoms with Crippen molar-refractivity contribution >= 4 is 40.0 Å². The average Bonchev–Trinajstić information content (AvgIpc) is 3.36. The molecule has 1 N–H and O–H groups in total. The van der Waals surface area contributed by atoms with E-state index in [2.05, 4.69) is 29.4 Å². The normalized spacial score (nSPS) is 11.0. The number of aryl methyl sites for hydroxylation is 1. The molecule has 0 aliphatic heterocycles. The lowest BCUT2D eigenvalue weighted by molar-refractivity contribution is -0.113. The Labute approximate surface area is 208 Å². The first-order valence-corrected chi connectivity index (χ1v) is 12.8. The van der Waals surface area contributed by atoms with Gasteiger partial charge in [0, 0.05) is 17.0 Å². The van der Waals surface area contributed by atoms with Gasteiger partial charge >= 0.3 is 5.97 Å². The number of methoxy groups -OCH3 is 1. The minimum Gasteiger partial charge on any atom is -0.493 e. The highest BCUT2D eigenvalue weighted by molar-refractivity contribution is 7.99. The van der Waals surface area contributed by atoms with Gasteiger partial charge in [-0.1, -0.05) is 25.6 Å². The molecule has 1 aromatic carbocycles. The van der Waals surface area contributed by atoms with Crippen LogP contribution in [0, 0.1) is 19.8 Å². The molecule has 0 saturated heterocycles. The van der Waals surface area contributed by atoms with E-state index in [4.69, 9.17) is 9.47 Å². The van der Waals surface area contributed by atoms with E-state index in [1.54, 1.807) is 0 Å². The molecular formula is C24H30N4O4S2. The predicted octanol–water partition coefficient (Wildman–Crippen LogP) is 5.20. The largest absolute Gasteiger partial charge is 0.493 e. The van der Waals surface area contributed by atoms with Gasteiger partial charge < -0.3 is 19.4 Å². The molecule has 34 heavy (non-hydrogen) atoms. The molecule has 0 aliphatic rings. The van der Waals surface area contributed by atoms with Gasteiger partial charge in [0.2, 0.25) is 5.91 Å². The third kappa shape index (κ3) is 5.98. The van der Waals surface area contributed by atoms with Crippen LogP contribution in [0.5, 0.6) is 5.75 Å². The molecule has 3 aromatic rings. The second-order valence-corrected chi connectivity index (χ2v) is 10.3. The minimum atomic E-state index is -0.458. The van der Waals surface area contributed by atoms with E-state index in [0.717, 1.165) is 27.6 Å². The number of rotatable bonds is 10. The molecule has 0 bridgehead atoms. The fourth-order valence-electron chi connectivity index (χ4n) is 3.21. The molecule has 0 spiro atoms. The third-order valence-electron chi connectivity index (χ3n) is 5.09. The van der Waals surface area contributed by atoms with Gasteiger partial charge in [0.1, 0.15) is 10.8 Å². The maximum Gasteiger partial charge on any atom is 0.341 e. The molecule has 8 nitrogen and oxygen atoms in total. The zero-order valence-electron chi connectivity index (χ0n) is 20.3. The summed E-state index contributed by atoms with van der Waals surface area (Å²) < 4.78 is 12.6. The number of carbonyl (C=O) groups is 2. The van der Waals surface area contributed by atoms with E-state index < -0.39 is 5.97 Å². The lowest BCUT2D eigenvalue weighted by Gasteiger charge is -2.10. The molecule has 1 amide bonds. The Balaban J connectivity index is 1.68. The summed E-state index contributed by atoms with van der Waals surface area (Å²) in [6.45, 7) is 11.3. The van der Waals surface area contributed by atoms with Crippen LogP contribution in [0.2, 0.25) is 0 Å². The van der Waals surface area contributed by atoms with Crippen LogP contribution in [0.1, 0.15) is 41.6 Å². The van der Waals surface area contributed by atoms with Gasteiger partial charge in [0.05, 0.1) is 25.0 Å². The standard InChI is InChI=1S/C24H30N4O4S2/c1-7-28-21(17-8-10-18(11-9-17)32-12-14(2)3)26-27-24(28)33-13-19(29)25-22-20(23(30)31-6)15(4)16(5)34-22/h8-11,14H,7,12-13H2,1-6H3,(H,25,29). The molecule has 2 heterocycles. The highest BCUT2D eigenvalue weighted by Crippen LogP contribution is 2.33. The van der Waals surface area contributed by atoms with Crippen LogP contribution in [0.15, 0.2) is 29.4 Å². The van der Waals surface area contributed by atoms with E-state index in [0.29, 0.717) is 34.8 Å². The zero-order valence-corrected chi connectivity index (χ0v) is 21.9. The van der Waals surface area contributed by atoms with Crippen LogP contribution < -0.4 is 10.1 Å². The van der Waals surface area contributed by atoms with Crippen molar-refractivity contribution in [2.24, 2.45) is 5.92 Å². The van der Waals surface area contributed by atoms with Crippen molar-refractivity contribution < 1.29 is 19.1 Å². The lowest BCUT2D eigenvalue weighted by Crippen LogP contribution is -2.16. The molecule has 0 atom stereocenters. The van der Waals surface area contributed by atoms with Crippen molar-refractivity contribution in [3.05, 3.63) is 40.3 Å². The number of nitrogens with zero attached hydrogens (tertiary/aromatic N) is 3. The SMILES string of the molecule is CCn1c(SCC(=O)Nc2sc(C)c(C)c2C(=O)OC)nnc1-c1ccc(OCC(C)C)cc1. The maximum atomic E-state index is 12.6. The monoisotopic (exact) mass is 502 g/mol. The van der Waals surface area contributed by atoms with E-state index in [-0.39, 0.29) is 11.7 Å². The van der Waals surface area contributed by atoms with Gasteiger partial charge in [-0.3, -0.25) is 4.79 Å². The van der Waals surface area contributed by atoms with E-state index in [1.165, 1.54) is 30.2 Å². The molecule has 2 aromatic heterocycles. The Bertz CT molecular complexity index is 1150. The minimum absolute atomic E-state index is 0.136. The number of hydrogen-bond donors (Lipinski definition) is 1. The predicted molar refractivity (Wildman–Crippen MR) is 136 cm³/mol. The summed E-state index contributed by atoms with van der Waals surface area (Å²) >= 11 is 2.67. The number of hydrogen-bond acceptors (Lipinski definition) is 8. The number of nitrogens with one attached hydrogen (secondary N) is 1. The van der Waals surface area contributed by atoms with Gasteiger partial charge in [-0.2, -0.15) is 0 Å². The van der Waals surface area contributed by atoms with E-state index in [9.17, 15) is 9.59 Å². The van der Waals surface area contributed by atoms with Crippen molar-refractivity contribution in [3.8, 4) is 17.1 Å². The smallest absolute Gasteiger partial charge is 0.341 e. The van der Waals surface area contributed by atoms with Crippen LogP contribution in [-0.4, -0.2) is 46.1 Å². The van der Waals surface area contributed by atoms with Crippen LogP contribution >= 0.6 is 23.1 Å². The number of esters is 1. The molecule has 0 saturated carbocycles. The number of carbonyl (C=O) groups excluding carboxylic acids is 2. The van der Waals surface area contributed by atoms with Gasteiger partial charge in [-0.05, 0) is 56.5 Å². The highest BCUT2D eigenvalue weighted by atomic mass is 32.2. The number of anilines is 1. The Kier molecular flexibility index (Phi) is 8.73. The van der Waals surface area contributed by atoms with Crippen molar-refractivity contribution in [1.82, 2.24) is 14.8 Å².